The predicted molar refractivity (Wildman–Crippen MR) is 91.3 cm³/mol. The van der Waals surface area contributed by atoms with Crippen molar-refractivity contribution in [1.29, 1.82) is 0 Å². The van der Waals surface area contributed by atoms with Gasteiger partial charge in [-0.2, -0.15) is 0 Å². The number of rotatable bonds is 4. The van der Waals surface area contributed by atoms with E-state index in [1.165, 1.54) is 0 Å². The molecule has 0 fully saturated rings. The van der Waals surface area contributed by atoms with Crippen LogP contribution in [0.3, 0.4) is 0 Å². The topological polar surface area (TPSA) is 68.5 Å². The number of fused-ring (bicyclic) bond motifs is 1. The van der Waals surface area contributed by atoms with E-state index in [2.05, 4.69) is 5.32 Å². The number of hydrogen-bond donors (Lipinski definition) is 1. The summed E-state index contributed by atoms with van der Waals surface area (Å²) in [7, 11) is 0. The third-order valence-corrected chi connectivity index (χ3v) is 3.70. The van der Waals surface area contributed by atoms with Gasteiger partial charge in [-0.05, 0) is 44.2 Å². The number of furan rings is 1. The maximum Gasteiger partial charge on any atom is 0.338 e. The largest absolute Gasteiger partial charge is 0.462 e. The summed E-state index contributed by atoms with van der Waals surface area (Å²) >= 11 is 0. The summed E-state index contributed by atoms with van der Waals surface area (Å²) in [5.74, 6) is -0.429. The van der Waals surface area contributed by atoms with Crippen LogP contribution in [-0.4, -0.2) is 18.5 Å². The highest BCUT2D eigenvalue weighted by molar-refractivity contribution is 6.06. The van der Waals surface area contributed by atoms with E-state index in [9.17, 15) is 9.59 Å². The summed E-state index contributed by atoms with van der Waals surface area (Å²) in [6, 6.07) is 14.0. The lowest BCUT2D eigenvalue weighted by atomic mass is 10.1. The fourth-order valence-corrected chi connectivity index (χ4v) is 2.48. The summed E-state index contributed by atoms with van der Waals surface area (Å²) < 4.78 is 10.6. The molecule has 0 saturated heterocycles. The van der Waals surface area contributed by atoms with Crippen molar-refractivity contribution < 1.29 is 18.7 Å². The van der Waals surface area contributed by atoms with E-state index in [4.69, 9.17) is 9.15 Å². The molecule has 0 saturated carbocycles. The average Bonchev–Trinajstić information content (AvgIpc) is 2.93. The zero-order valence-electron chi connectivity index (χ0n) is 13.5. The van der Waals surface area contributed by atoms with Crippen LogP contribution in [-0.2, 0) is 4.74 Å². The summed E-state index contributed by atoms with van der Waals surface area (Å²) in [6.45, 7) is 3.93. The van der Waals surface area contributed by atoms with Gasteiger partial charge in [0.25, 0.3) is 5.91 Å². The lowest BCUT2D eigenvalue weighted by Gasteiger charge is -2.05. The summed E-state index contributed by atoms with van der Waals surface area (Å²) in [4.78, 5) is 24.0. The Kier molecular flexibility index (Phi) is 4.33. The van der Waals surface area contributed by atoms with E-state index >= 15 is 0 Å². The molecule has 24 heavy (non-hydrogen) atoms. The van der Waals surface area contributed by atoms with Crippen molar-refractivity contribution in [1.82, 2.24) is 0 Å². The standard InChI is InChI=1S/C19H17NO4/c1-3-23-19(22)13-8-10-14(11-9-13)20-18(21)17-12(2)15-6-4-5-7-16(15)24-17/h4-11H,3H2,1-2H3,(H,20,21). The number of carbonyl (C=O) groups is 2. The van der Waals surface area contributed by atoms with Gasteiger partial charge in [-0.3, -0.25) is 4.79 Å². The molecule has 0 atom stereocenters. The monoisotopic (exact) mass is 323 g/mol. The van der Waals surface area contributed by atoms with E-state index < -0.39 is 0 Å². The third kappa shape index (κ3) is 3.01. The minimum Gasteiger partial charge on any atom is -0.462 e. The maximum absolute atomic E-state index is 12.4. The second kappa shape index (κ2) is 6.58. The van der Waals surface area contributed by atoms with Gasteiger partial charge in [-0.15, -0.1) is 0 Å². The molecule has 0 spiro atoms. The fraction of sp³-hybridized carbons (Fsp3) is 0.158. The number of esters is 1. The first-order valence-corrected chi connectivity index (χ1v) is 7.67. The van der Waals surface area contributed by atoms with Crippen LogP contribution in [0.4, 0.5) is 5.69 Å². The molecule has 5 nitrogen and oxygen atoms in total. The van der Waals surface area contributed by atoms with Crippen molar-refractivity contribution in [2.24, 2.45) is 0 Å². The Balaban J connectivity index is 1.79. The number of hydrogen-bond acceptors (Lipinski definition) is 4. The molecular formula is C19H17NO4. The second-order valence-electron chi connectivity index (χ2n) is 5.30. The zero-order valence-corrected chi connectivity index (χ0v) is 13.5. The van der Waals surface area contributed by atoms with Crippen molar-refractivity contribution in [3.05, 3.63) is 65.4 Å². The molecule has 1 amide bonds. The zero-order chi connectivity index (χ0) is 17.1. The van der Waals surface area contributed by atoms with Crippen molar-refractivity contribution in [3.63, 3.8) is 0 Å². The lowest BCUT2D eigenvalue weighted by molar-refractivity contribution is 0.0526. The number of carbonyl (C=O) groups excluding carboxylic acids is 2. The molecule has 122 valence electrons. The van der Waals surface area contributed by atoms with Gasteiger partial charge in [0.15, 0.2) is 5.76 Å². The number of nitrogens with one attached hydrogen (secondary N) is 1. The first-order chi connectivity index (χ1) is 11.6. The molecular weight excluding hydrogens is 306 g/mol. The van der Waals surface area contributed by atoms with Gasteiger partial charge in [0.05, 0.1) is 12.2 Å². The minimum absolute atomic E-state index is 0.283. The van der Waals surface area contributed by atoms with Gasteiger partial charge < -0.3 is 14.5 Å². The van der Waals surface area contributed by atoms with Gasteiger partial charge in [0.2, 0.25) is 0 Å². The smallest absolute Gasteiger partial charge is 0.338 e. The molecule has 0 aliphatic heterocycles. The van der Waals surface area contributed by atoms with Crippen LogP contribution in [0.1, 0.15) is 33.4 Å². The van der Waals surface area contributed by atoms with E-state index in [0.717, 1.165) is 10.9 Å². The first-order valence-electron chi connectivity index (χ1n) is 7.67. The Bertz CT molecular complexity index is 893. The van der Waals surface area contributed by atoms with Crippen LogP contribution in [0, 0.1) is 6.92 Å². The highest BCUT2D eigenvalue weighted by Crippen LogP contribution is 2.25. The molecule has 2 aromatic carbocycles. The molecule has 0 radical (unpaired) electrons. The van der Waals surface area contributed by atoms with E-state index in [1.54, 1.807) is 31.2 Å². The lowest BCUT2D eigenvalue weighted by Crippen LogP contribution is -2.12. The van der Waals surface area contributed by atoms with E-state index in [1.807, 2.05) is 31.2 Å². The van der Waals surface area contributed by atoms with Gasteiger partial charge in [-0.25, -0.2) is 4.79 Å². The van der Waals surface area contributed by atoms with Crippen molar-refractivity contribution in [2.45, 2.75) is 13.8 Å². The summed E-state index contributed by atoms with van der Waals surface area (Å²) in [5.41, 5.74) is 2.49. The second-order valence-corrected chi connectivity index (χ2v) is 5.30. The fourth-order valence-electron chi connectivity index (χ4n) is 2.48. The Morgan fingerprint density at radius 3 is 2.46 bits per heavy atom. The normalized spacial score (nSPS) is 10.6. The molecule has 1 heterocycles. The Morgan fingerprint density at radius 2 is 1.79 bits per heavy atom. The van der Waals surface area contributed by atoms with Gasteiger partial charge in [0.1, 0.15) is 5.58 Å². The molecule has 1 N–H and O–H groups in total. The number of para-hydroxylation sites is 1. The first kappa shape index (κ1) is 15.8. The van der Waals surface area contributed by atoms with Crippen LogP contribution in [0.2, 0.25) is 0 Å². The van der Waals surface area contributed by atoms with E-state index in [-0.39, 0.29) is 17.6 Å². The SMILES string of the molecule is CCOC(=O)c1ccc(NC(=O)c2oc3ccccc3c2C)cc1. The summed E-state index contributed by atoms with van der Waals surface area (Å²) in [6.07, 6.45) is 0. The van der Waals surface area contributed by atoms with Gasteiger partial charge >= 0.3 is 5.97 Å². The Labute approximate surface area is 139 Å². The molecule has 0 unspecified atom stereocenters. The van der Waals surface area contributed by atoms with Gasteiger partial charge in [-0.1, -0.05) is 18.2 Å². The molecule has 0 bridgehead atoms. The third-order valence-electron chi connectivity index (χ3n) is 3.70. The predicted octanol–water partition coefficient (Wildman–Crippen LogP) is 4.17. The minimum atomic E-state index is -0.386. The van der Waals surface area contributed by atoms with Crippen molar-refractivity contribution in [2.75, 3.05) is 11.9 Å². The summed E-state index contributed by atoms with van der Waals surface area (Å²) in [5, 5.41) is 3.69. The van der Waals surface area contributed by atoms with Crippen LogP contribution < -0.4 is 5.32 Å². The molecule has 0 aliphatic rings. The van der Waals surface area contributed by atoms with Crippen LogP contribution >= 0.6 is 0 Å². The quantitative estimate of drug-likeness (QED) is 0.732. The van der Waals surface area contributed by atoms with Crippen LogP contribution in [0.25, 0.3) is 11.0 Å². The molecule has 3 rings (SSSR count). The van der Waals surface area contributed by atoms with E-state index in [0.29, 0.717) is 23.4 Å². The van der Waals surface area contributed by atoms with Gasteiger partial charge in [0, 0.05) is 16.6 Å². The molecule has 3 aromatic rings. The molecule has 1 aromatic heterocycles. The number of benzene rings is 2. The van der Waals surface area contributed by atoms with Crippen molar-refractivity contribution >= 4 is 28.5 Å². The maximum atomic E-state index is 12.4. The molecule has 0 aliphatic carbocycles. The van der Waals surface area contributed by atoms with Crippen LogP contribution in [0.5, 0.6) is 0 Å². The highest BCUT2D eigenvalue weighted by atomic mass is 16.5. The average molecular weight is 323 g/mol. The van der Waals surface area contributed by atoms with Crippen LogP contribution in [0.15, 0.2) is 52.9 Å². The highest BCUT2D eigenvalue weighted by Gasteiger charge is 2.17. The van der Waals surface area contributed by atoms with Crippen molar-refractivity contribution in [3.8, 4) is 0 Å². The Hall–Kier alpha value is -3.08. The number of aryl methyl sites for hydroxylation is 1. The number of ether oxygens (including phenoxy) is 1. The Morgan fingerprint density at radius 1 is 1.08 bits per heavy atom. The number of amides is 1. The number of anilines is 1. The molecule has 5 heteroatoms.